The minimum absolute atomic E-state index is 1.12. The fourth-order valence-corrected chi connectivity index (χ4v) is 6.11. The first-order valence-electron chi connectivity index (χ1n) is 15.8. The number of aryl methyl sites for hydroxylation is 2. The molecule has 0 saturated carbocycles. The van der Waals surface area contributed by atoms with Crippen molar-refractivity contribution in [3.05, 3.63) is 192 Å². The molecule has 0 heterocycles. The van der Waals surface area contributed by atoms with Crippen molar-refractivity contribution in [3.63, 3.8) is 0 Å². The van der Waals surface area contributed by atoms with E-state index in [0.717, 1.165) is 33.9 Å². The van der Waals surface area contributed by atoms with Crippen molar-refractivity contribution in [1.82, 2.24) is 0 Å². The predicted molar refractivity (Wildman–Crippen MR) is 198 cm³/mol. The Labute approximate surface area is 272 Å². The standard InChI is InChI=1S/C44H36N2/c1-33-13-6-10-20-42(33)46(43-21-11-7-14-34(43)2)40-31-27-36(28-32-40)24-23-35-25-29-39(30-26-35)45(38-17-4-3-5-18-38)44-22-12-16-37-15-8-9-19-41(37)44/h3-32H,1-2H3/b24-23+. The van der Waals surface area contributed by atoms with Crippen molar-refractivity contribution in [3.8, 4) is 0 Å². The third-order valence-corrected chi connectivity index (χ3v) is 8.51. The molecule has 0 N–H and O–H groups in total. The molecule has 7 rings (SSSR count). The average molecular weight is 593 g/mol. The molecule has 0 aliphatic rings. The number of benzene rings is 7. The van der Waals surface area contributed by atoms with Crippen LogP contribution in [0.4, 0.5) is 34.1 Å². The first-order chi connectivity index (χ1) is 22.7. The molecule has 2 heteroatoms. The maximum absolute atomic E-state index is 2.35. The van der Waals surface area contributed by atoms with E-state index >= 15 is 0 Å². The highest BCUT2D eigenvalue weighted by Gasteiger charge is 2.16. The smallest absolute Gasteiger partial charge is 0.0540 e. The molecule has 0 atom stereocenters. The van der Waals surface area contributed by atoms with E-state index in [4.69, 9.17) is 0 Å². The van der Waals surface area contributed by atoms with E-state index < -0.39 is 0 Å². The van der Waals surface area contributed by atoms with Crippen molar-refractivity contribution in [2.24, 2.45) is 0 Å². The lowest BCUT2D eigenvalue weighted by Gasteiger charge is -2.28. The van der Waals surface area contributed by atoms with Gasteiger partial charge in [0.2, 0.25) is 0 Å². The first kappa shape index (κ1) is 28.9. The zero-order valence-electron chi connectivity index (χ0n) is 26.2. The van der Waals surface area contributed by atoms with Gasteiger partial charge in [-0.05, 0) is 96.1 Å². The maximum Gasteiger partial charge on any atom is 0.0540 e. The van der Waals surface area contributed by atoms with Crippen molar-refractivity contribution in [2.45, 2.75) is 13.8 Å². The molecule has 0 aromatic heterocycles. The molecule has 0 bridgehead atoms. The van der Waals surface area contributed by atoms with Gasteiger partial charge in [-0.25, -0.2) is 0 Å². The lowest BCUT2D eigenvalue weighted by Crippen LogP contribution is -2.12. The molecule has 0 fully saturated rings. The van der Waals surface area contributed by atoms with Crippen LogP contribution in [0.3, 0.4) is 0 Å². The molecule has 0 amide bonds. The van der Waals surface area contributed by atoms with Crippen LogP contribution in [0, 0.1) is 13.8 Å². The van der Waals surface area contributed by atoms with Gasteiger partial charge < -0.3 is 9.80 Å². The number of fused-ring (bicyclic) bond motifs is 1. The normalized spacial score (nSPS) is 11.2. The fraction of sp³-hybridized carbons (Fsp3) is 0.0455. The van der Waals surface area contributed by atoms with E-state index in [0.29, 0.717) is 0 Å². The summed E-state index contributed by atoms with van der Waals surface area (Å²) in [4.78, 5) is 4.69. The summed E-state index contributed by atoms with van der Waals surface area (Å²) in [5.41, 5.74) is 11.7. The SMILES string of the molecule is Cc1ccccc1N(c1ccc(/C=C/c2ccc(N(c3ccccc3)c3cccc4ccccc34)cc2)cc1)c1ccccc1C. The second-order valence-corrected chi connectivity index (χ2v) is 11.6. The van der Waals surface area contributed by atoms with Crippen LogP contribution in [0.2, 0.25) is 0 Å². The minimum Gasteiger partial charge on any atom is -0.310 e. The Balaban J connectivity index is 1.16. The average Bonchev–Trinajstić information content (AvgIpc) is 3.11. The zero-order chi connectivity index (χ0) is 31.3. The van der Waals surface area contributed by atoms with Crippen LogP contribution in [0.15, 0.2) is 170 Å². The van der Waals surface area contributed by atoms with Crippen LogP contribution in [0.1, 0.15) is 22.3 Å². The monoisotopic (exact) mass is 592 g/mol. The van der Waals surface area contributed by atoms with Crippen LogP contribution in [-0.4, -0.2) is 0 Å². The number of para-hydroxylation sites is 3. The number of anilines is 6. The quantitative estimate of drug-likeness (QED) is 0.162. The summed E-state index contributed by atoms with van der Waals surface area (Å²) < 4.78 is 0. The Kier molecular flexibility index (Phi) is 8.17. The van der Waals surface area contributed by atoms with Gasteiger partial charge in [0.1, 0.15) is 0 Å². The van der Waals surface area contributed by atoms with Gasteiger partial charge in [-0.15, -0.1) is 0 Å². The van der Waals surface area contributed by atoms with E-state index in [9.17, 15) is 0 Å². The van der Waals surface area contributed by atoms with Crippen LogP contribution >= 0.6 is 0 Å². The van der Waals surface area contributed by atoms with Crippen molar-refractivity contribution < 1.29 is 0 Å². The van der Waals surface area contributed by atoms with Gasteiger partial charge in [-0.2, -0.15) is 0 Å². The Morgan fingerprint density at radius 3 is 1.37 bits per heavy atom. The molecule has 46 heavy (non-hydrogen) atoms. The minimum atomic E-state index is 1.12. The molecule has 222 valence electrons. The first-order valence-corrected chi connectivity index (χ1v) is 15.8. The van der Waals surface area contributed by atoms with Crippen molar-refractivity contribution in [2.75, 3.05) is 9.80 Å². The largest absolute Gasteiger partial charge is 0.310 e. The summed E-state index contributed by atoms with van der Waals surface area (Å²) in [7, 11) is 0. The van der Waals surface area contributed by atoms with Gasteiger partial charge in [0.05, 0.1) is 5.69 Å². The summed E-state index contributed by atoms with van der Waals surface area (Å²) in [6.45, 7) is 4.34. The number of rotatable bonds is 8. The van der Waals surface area contributed by atoms with Gasteiger partial charge in [0.15, 0.2) is 0 Å². The molecule has 0 spiro atoms. The third-order valence-electron chi connectivity index (χ3n) is 8.51. The lowest BCUT2D eigenvalue weighted by atomic mass is 10.1. The molecule has 0 aliphatic heterocycles. The highest BCUT2D eigenvalue weighted by molar-refractivity contribution is 5.99. The Hall–Kier alpha value is -5.86. The molecule has 0 unspecified atom stereocenters. The molecule has 0 aliphatic carbocycles. The molecule has 7 aromatic carbocycles. The van der Waals surface area contributed by atoms with E-state index in [1.54, 1.807) is 0 Å². The second kappa shape index (κ2) is 13.0. The predicted octanol–water partition coefficient (Wildman–Crippen LogP) is 12.6. The van der Waals surface area contributed by atoms with E-state index in [2.05, 4.69) is 206 Å². The Morgan fingerprint density at radius 1 is 0.348 bits per heavy atom. The highest BCUT2D eigenvalue weighted by Crippen LogP contribution is 2.40. The summed E-state index contributed by atoms with van der Waals surface area (Å²) in [6.07, 6.45) is 4.37. The Bertz CT molecular complexity index is 2060. The molecule has 0 radical (unpaired) electrons. The molecular weight excluding hydrogens is 556 g/mol. The highest BCUT2D eigenvalue weighted by atomic mass is 15.1. The van der Waals surface area contributed by atoms with Crippen LogP contribution in [-0.2, 0) is 0 Å². The molecule has 0 saturated heterocycles. The maximum atomic E-state index is 2.35. The molecule has 2 nitrogen and oxygen atoms in total. The summed E-state index contributed by atoms with van der Waals surface area (Å²) in [5, 5.41) is 2.46. The van der Waals surface area contributed by atoms with Gasteiger partial charge in [0.25, 0.3) is 0 Å². The lowest BCUT2D eigenvalue weighted by molar-refractivity contribution is 1.22. The van der Waals surface area contributed by atoms with Crippen molar-refractivity contribution >= 4 is 57.0 Å². The zero-order valence-corrected chi connectivity index (χ0v) is 26.2. The third kappa shape index (κ3) is 5.94. The summed E-state index contributed by atoms with van der Waals surface area (Å²) >= 11 is 0. The summed E-state index contributed by atoms with van der Waals surface area (Å²) in [6, 6.07) is 60.4. The number of nitrogens with zero attached hydrogens (tertiary/aromatic N) is 2. The number of hydrogen-bond acceptors (Lipinski definition) is 2. The van der Waals surface area contributed by atoms with Gasteiger partial charge >= 0.3 is 0 Å². The van der Waals surface area contributed by atoms with E-state index in [1.807, 2.05) is 0 Å². The van der Waals surface area contributed by atoms with Crippen LogP contribution < -0.4 is 9.80 Å². The van der Waals surface area contributed by atoms with E-state index in [1.165, 1.54) is 33.3 Å². The van der Waals surface area contributed by atoms with Crippen LogP contribution in [0.5, 0.6) is 0 Å². The van der Waals surface area contributed by atoms with Gasteiger partial charge in [-0.3, -0.25) is 0 Å². The fourth-order valence-electron chi connectivity index (χ4n) is 6.11. The Morgan fingerprint density at radius 2 is 0.783 bits per heavy atom. The van der Waals surface area contributed by atoms with Gasteiger partial charge in [0, 0.05) is 33.8 Å². The van der Waals surface area contributed by atoms with E-state index in [-0.39, 0.29) is 0 Å². The topological polar surface area (TPSA) is 6.48 Å². The van der Waals surface area contributed by atoms with Crippen LogP contribution in [0.25, 0.3) is 22.9 Å². The number of hydrogen-bond donors (Lipinski definition) is 0. The molecule has 7 aromatic rings. The van der Waals surface area contributed by atoms with Crippen molar-refractivity contribution in [1.29, 1.82) is 0 Å². The summed E-state index contributed by atoms with van der Waals surface area (Å²) in [5.74, 6) is 0. The van der Waals surface area contributed by atoms with Gasteiger partial charge in [-0.1, -0.05) is 127 Å². The second-order valence-electron chi connectivity index (χ2n) is 11.6. The molecular formula is C44H36N2.